The second-order valence-electron chi connectivity index (χ2n) is 4.96. The Hall–Kier alpha value is -1.55. The van der Waals surface area contributed by atoms with Crippen molar-refractivity contribution in [3.05, 3.63) is 40.3 Å². The molecule has 19 heavy (non-hydrogen) atoms. The van der Waals surface area contributed by atoms with E-state index in [1.165, 1.54) is 42.2 Å². The van der Waals surface area contributed by atoms with Gasteiger partial charge in [0.15, 0.2) is 0 Å². The summed E-state index contributed by atoms with van der Waals surface area (Å²) in [6.07, 6.45) is 2.65. The van der Waals surface area contributed by atoms with Crippen molar-refractivity contribution < 1.29 is 0 Å². The molecule has 0 atom stereocenters. The zero-order valence-electron chi connectivity index (χ0n) is 11.2. The van der Waals surface area contributed by atoms with Crippen molar-refractivity contribution in [1.29, 1.82) is 0 Å². The van der Waals surface area contributed by atoms with E-state index in [2.05, 4.69) is 46.4 Å². The molecule has 1 aromatic heterocycles. The first-order valence-corrected chi connectivity index (χ1v) is 7.69. The summed E-state index contributed by atoms with van der Waals surface area (Å²) in [6.45, 7) is 5.32. The lowest BCUT2D eigenvalue weighted by atomic mass is 10.2. The van der Waals surface area contributed by atoms with Crippen molar-refractivity contribution in [2.45, 2.75) is 26.3 Å². The summed E-state index contributed by atoms with van der Waals surface area (Å²) in [6, 6.07) is 8.77. The van der Waals surface area contributed by atoms with E-state index >= 15 is 0 Å². The molecule has 0 aliphatic carbocycles. The summed E-state index contributed by atoms with van der Waals surface area (Å²) >= 11 is 1.71. The van der Waals surface area contributed by atoms with E-state index in [1.807, 2.05) is 5.51 Å². The number of nitrogens with zero attached hydrogens (tertiary/aromatic N) is 2. The molecular weight excluding hydrogens is 254 g/mol. The minimum Gasteiger partial charge on any atom is -0.380 e. The van der Waals surface area contributed by atoms with Crippen LogP contribution >= 0.6 is 11.3 Å². The van der Waals surface area contributed by atoms with Crippen molar-refractivity contribution in [2.24, 2.45) is 0 Å². The number of rotatable bonds is 4. The molecule has 0 radical (unpaired) electrons. The number of aromatic nitrogens is 1. The summed E-state index contributed by atoms with van der Waals surface area (Å²) in [5.41, 5.74) is 5.56. The fourth-order valence-electron chi connectivity index (χ4n) is 2.44. The van der Waals surface area contributed by atoms with Gasteiger partial charge in [0.05, 0.1) is 17.7 Å². The minimum absolute atomic E-state index is 0.861. The van der Waals surface area contributed by atoms with Crippen LogP contribution in [0.4, 0.5) is 11.4 Å². The Morgan fingerprint density at radius 3 is 2.58 bits per heavy atom. The predicted molar refractivity (Wildman–Crippen MR) is 82.1 cm³/mol. The van der Waals surface area contributed by atoms with Gasteiger partial charge in [-0.05, 0) is 44.0 Å². The summed E-state index contributed by atoms with van der Waals surface area (Å²) in [7, 11) is 0. The Morgan fingerprint density at radius 2 is 1.95 bits per heavy atom. The Kier molecular flexibility index (Phi) is 3.69. The van der Waals surface area contributed by atoms with Crippen LogP contribution in [0.25, 0.3) is 0 Å². The van der Waals surface area contributed by atoms with E-state index in [9.17, 15) is 0 Å². The maximum absolute atomic E-state index is 4.27. The van der Waals surface area contributed by atoms with E-state index in [0.717, 1.165) is 12.2 Å². The molecule has 4 heteroatoms. The van der Waals surface area contributed by atoms with Crippen LogP contribution in [0.5, 0.6) is 0 Å². The number of benzene rings is 1. The fourth-order valence-corrected chi connectivity index (χ4v) is 3.16. The van der Waals surface area contributed by atoms with Gasteiger partial charge in [0.25, 0.3) is 0 Å². The number of nitrogens with one attached hydrogen (secondary N) is 1. The summed E-state index contributed by atoms with van der Waals surface area (Å²) in [5.74, 6) is 0. The highest BCUT2D eigenvalue weighted by Gasteiger charge is 2.11. The van der Waals surface area contributed by atoms with Gasteiger partial charge in [0.1, 0.15) is 0 Å². The second kappa shape index (κ2) is 5.61. The third-order valence-corrected chi connectivity index (χ3v) is 4.57. The van der Waals surface area contributed by atoms with E-state index in [-0.39, 0.29) is 0 Å². The van der Waals surface area contributed by atoms with Crippen molar-refractivity contribution in [3.8, 4) is 0 Å². The van der Waals surface area contributed by atoms with Crippen LogP contribution < -0.4 is 10.2 Å². The number of hydrogen-bond acceptors (Lipinski definition) is 4. The lowest BCUT2D eigenvalue weighted by Crippen LogP contribution is -2.17. The van der Waals surface area contributed by atoms with Gasteiger partial charge in [0, 0.05) is 29.3 Å². The first kappa shape index (κ1) is 12.5. The van der Waals surface area contributed by atoms with Crippen molar-refractivity contribution in [3.63, 3.8) is 0 Å². The molecule has 1 saturated heterocycles. The third kappa shape index (κ3) is 2.89. The standard InChI is InChI=1S/C15H19N3S/c1-12-15(19-11-17-12)10-16-13-4-6-14(7-5-13)18-8-2-3-9-18/h4-7,11,16H,2-3,8-10H2,1H3. The Balaban J connectivity index is 1.61. The quantitative estimate of drug-likeness (QED) is 0.921. The second-order valence-corrected chi connectivity index (χ2v) is 5.89. The molecule has 0 amide bonds. The van der Waals surface area contributed by atoms with E-state index in [4.69, 9.17) is 0 Å². The Bertz CT molecular complexity index is 527. The monoisotopic (exact) mass is 273 g/mol. The van der Waals surface area contributed by atoms with Crippen LogP contribution in [0, 0.1) is 6.92 Å². The third-order valence-electron chi connectivity index (χ3n) is 3.64. The molecule has 100 valence electrons. The molecule has 0 saturated carbocycles. The van der Waals surface area contributed by atoms with Gasteiger partial charge in [-0.3, -0.25) is 0 Å². The molecule has 1 aromatic carbocycles. The number of thiazole rings is 1. The first-order chi connectivity index (χ1) is 9.33. The summed E-state index contributed by atoms with van der Waals surface area (Å²) in [4.78, 5) is 8.03. The maximum Gasteiger partial charge on any atom is 0.0798 e. The molecule has 3 rings (SSSR count). The normalized spacial score (nSPS) is 14.9. The van der Waals surface area contributed by atoms with E-state index in [1.54, 1.807) is 11.3 Å². The molecular formula is C15H19N3S. The van der Waals surface area contributed by atoms with Gasteiger partial charge in [-0.15, -0.1) is 11.3 Å². The van der Waals surface area contributed by atoms with Crippen LogP contribution in [-0.4, -0.2) is 18.1 Å². The van der Waals surface area contributed by atoms with E-state index < -0.39 is 0 Å². The fraction of sp³-hybridized carbons (Fsp3) is 0.400. The summed E-state index contributed by atoms with van der Waals surface area (Å²) < 4.78 is 0. The van der Waals surface area contributed by atoms with Gasteiger partial charge >= 0.3 is 0 Å². The zero-order valence-corrected chi connectivity index (χ0v) is 12.0. The van der Waals surface area contributed by atoms with Gasteiger partial charge in [-0.1, -0.05) is 0 Å². The molecule has 0 bridgehead atoms. The highest BCUT2D eigenvalue weighted by atomic mass is 32.1. The highest BCUT2D eigenvalue weighted by molar-refractivity contribution is 7.09. The van der Waals surface area contributed by atoms with Crippen LogP contribution in [0.1, 0.15) is 23.4 Å². The van der Waals surface area contributed by atoms with Gasteiger partial charge in [0.2, 0.25) is 0 Å². The average Bonchev–Trinajstić information content (AvgIpc) is 3.09. The largest absolute Gasteiger partial charge is 0.380 e. The highest BCUT2D eigenvalue weighted by Crippen LogP contribution is 2.22. The smallest absolute Gasteiger partial charge is 0.0798 e. The molecule has 1 N–H and O–H groups in total. The van der Waals surface area contributed by atoms with Gasteiger partial charge in [-0.25, -0.2) is 4.98 Å². The molecule has 1 fully saturated rings. The SMILES string of the molecule is Cc1ncsc1CNc1ccc(N2CCCC2)cc1. The predicted octanol–water partition coefficient (Wildman–Crippen LogP) is 3.66. The lowest BCUT2D eigenvalue weighted by Gasteiger charge is -2.17. The van der Waals surface area contributed by atoms with Crippen LogP contribution in [0.3, 0.4) is 0 Å². The molecule has 2 aromatic rings. The van der Waals surface area contributed by atoms with Crippen LogP contribution in [-0.2, 0) is 6.54 Å². The van der Waals surface area contributed by atoms with Crippen molar-refractivity contribution in [1.82, 2.24) is 4.98 Å². The van der Waals surface area contributed by atoms with E-state index in [0.29, 0.717) is 0 Å². The maximum atomic E-state index is 4.27. The number of anilines is 2. The van der Waals surface area contributed by atoms with Crippen LogP contribution in [0.15, 0.2) is 29.8 Å². The van der Waals surface area contributed by atoms with Crippen molar-refractivity contribution in [2.75, 3.05) is 23.3 Å². The topological polar surface area (TPSA) is 28.2 Å². The lowest BCUT2D eigenvalue weighted by molar-refractivity contribution is 0.949. The van der Waals surface area contributed by atoms with Crippen LogP contribution in [0.2, 0.25) is 0 Å². The molecule has 1 aliphatic heterocycles. The molecule has 3 nitrogen and oxygen atoms in total. The average molecular weight is 273 g/mol. The molecule has 0 spiro atoms. The van der Waals surface area contributed by atoms with Crippen molar-refractivity contribution >= 4 is 22.7 Å². The molecule has 0 unspecified atom stereocenters. The molecule has 2 heterocycles. The van der Waals surface area contributed by atoms with Gasteiger partial charge in [-0.2, -0.15) is 0 Å². The Labute approximate surface area is 118 Å². The van der Waals surface area contributed by atoms with Gasteiger partial charge < -0.3 is 10.2 Å². The number of hydrogen-bond donors (Lipinski definition) is 1. The Morgan fingerprint density at radius 1 is 1.21 bits per heavy atom. The first-order valence-electron chi connectivity index (χ1n) is 6.81. The summed E-state index contributed by atoms with van der Waals surface area (Å²) in [5, 5.41) is 3.46. The minimum atomic E-state index is 0.861. The number of aryl methyl sites for hydroxylation is 1. The zero-order chi connectivity index (χ0) is 13.1. The molecule has 1 aliphatic rings.